The summed E-state index contributed by atoms with van der Waals surface area (Å²) in [4.78, 5) is 16.5. The van der Waals surface area contributed by atoms with Crippen molar-refractivity contribution in [3.8, 4) is 5.75 Å². The first-order valence-electron chi connectivity index (χ1n) is 6.90. The molecule has 1 aliphatic heterocycles. The minimum Gasteiger partial charge on any atom is -0.496 e. The van der Waals surface area contributed by atoms with Crippen molar-refractivity contribution < 1.29 is 13.9 Å². The Bertz CT molecular complexity index is 493. The van der Waals surface area contributed by atoms with Crippen LogP contribution in [0.15, 0.2) is 18.2 Å². The van der Waals surface area contributed by atoms with Crippen LogP contribution in [0.5, 0.6) is 5.75 Å². The number of nitrogens with zero attached hydrogens (tertiary/aromatic N) is 2. The van der Waals surface area contributed by atoms with E-state index in [1.807, 2.05) is 0 Å². The number of piperazine rings is 1. The first-order valence-corrected chi connectivity index (χ1v) is 6.90. The molecule has 1 saturated heterocycles. The summed E-state index contributed by atoms with van der Waals surface area (Å²) in [5.74, 6) is -0.519. The highest BCUT2D eigenvalue weighted by Crippen LogP contribution is 2.24. The minimum absolute atomic E-state index is 0.0365. The number of hydrogen-bond donors (Lipinski definition) is 0. The van der Waals surface area contributed by atoms with Crippen molar-refractivity contribution in [2.24, 2.45) is 0 Å². The number of benzene rings is 1. The summed E-state index contributed by atoms with van der Waals surface area (Å²) >= 11 is 0. The van der Waals surface area contributed by atoms with Crippen molar-refractivity contribution in [1.82, 2.24) is 9.80 Å². The molecule has 1 heterocycles. The minimum atomic E-state index is -0.527. The fraction of sp³-hybridized carbons (Fsp3) is 0.533. The van der Waals surface area contributed by atoms with E-state index in [1.54, 1.807) is 17.0 Å². The van der Waals surface area contributed by atoms with Gasteiger partial charge in [-0.15, -0.1) is 0 Å². The molecular formula is C15H21FN2O2. The number of ether oxygens (including phenoxy) is 1. The Morgan fingerprint density at radius 1 is 1.45 bits per heavy atom. The topological polar surface area (TPSA) is 32.8 Å². The van der Waals surface area contributed by atoms with Crippen LogP contribution in [0.2, 0.25) is 0 Å². The molecule has 1 fully saturated rings. The molecule has 5 heteroatoms. The van der Waals surface area contributed by atoms with Crippen LogP contribution in [0, 0.1) is 5.82 Å². The van der Waals surface area contributed by atoms with E-state index < -0.39 is 5.82 Å². The third kappa shape index (κ3) is 2.77. The third-order valence-corrected chi connectivity index (χ3v) is 3.94. The second-order valence-electron chi connectivity index (χ2n) is 5.11. The van der Waals surface area contributed by atoms with Crippen molar-refractivity contribution >= 4 is 5.91 Å². The fourth-order valence-electron chi connectivity index (χ4n) is 2.61. The quantitative estimate of drug-likeness (QED) is 0.849. The second kappa shape index (κ2) is 6.22. The smallest absolute Gasteiger partial charge is 0.260 e. The number of hydrogen-bond acceptors (Lipinski definition) is 3. The molecule has 0 bridgehead atoms. The maximum absolute atomic E-state index is 14.0. The molecule has 4 nitrogen and oxygen atoms in total. The lowest BCUT2D eigenvalue weighted by Crippen LogP contribution is -2.53. The molecule has 20 heavy (non-hydrogen) atoms. The van der Waals surface area contributed by atoms with Crippen LogP contribution in [0.25, 0.3) is 0 Å². The second-order valence-corrected chi connectivity index (χ2v) is 5.11. The fourth-order valence-corrected chi connectivity index (χ4v) is 2.61. The lowest BCUT2D eigenvalue weighted by Gasteiger charge is -2.39. The van der Waals surface area contributed by atoms with E-state index >= 15 is 0 Å². The zero-order valence-corrected chi connectivity index (χ0v) is 12.2. The summed E-state index contributed by atoms with van der Waals surface area (Å²) in [5.41, 5.74) is 0.0365. The molecule has 1 aromatic carbocycles. The van der Waals surface area contributed by atoms with E-state index in [9.17, 15) is 9.18 Å². The van der Waals surface area contributed by atoms with E-state index in [0.717, 1.165) is 13.0 Å². The SMILES string of the molecule is CC[C@H]1CN(C(=O)c2c(F)cccc2OC)CCN1C. The largest absolute Gasteiger partial charge is 0.496 e. The third-order valence-electron chi connectivity index (χ3n) is 3.94. The van der Waals surface area contributed by atoms with Gasteiger partial charge in [0.25, 0.3) is 5.91 Å². The van der Waals surface area contributed by atoms with Gasteiger partial charge in [0, 0.05) is 25.7 Å². The molecule has 1 aliphatic rings. The number of carbonyl (C=O) groups is 1. The molecule has 2 rings (SSSR count). The maximum atomic E-state index is 14.0. The molecule has 1 aromatic rings. The summed E-state index contributed by atoms with van der Waals surface area (Å²) in [6.07, 6.45) is 0.967. The van der Waals surface area contributed by atoms with Crippen LogP contribution >= 0.6 is 0 Å². The number of methoxy groups -OCH3 is 1. The molecule has 0 saturated carbocycles. The normalized spacial score (nSPS) is 20.0. The molecule has 0 aromatic heterocycles. The number of halogens is 1. The number of carbonyl (C=O) groups excluding carboxylic acids is 1. The standard InChI is InChI=1S/C15H21FN2O2/c1-4-11-10-18(9-8-17(11)2)15(19)14-12(16)6-5-7-13(14)20-3/h5-7,11H,4,8-10H2,1-3H3/t11-/m0/s1. The van der Waals surface area contributed by atoms with Crippen molar-refractivity contribution in [3.05, 3.63) is 29.6 Å². The summed E-state index contributed by atoms with van der Waals surface area (Å²) < 4.78 is 19.1. The molecule has 0 spiro atoms. The van der Waals surface area contributed by atoms with Gasteiger partial charge in [-0.2, -0.15) is 0 Å². The predicted molar refractivity (Wildman–Crippen MR) is 75.6 cm³/mol. The highest BCUT2D eigenvalue weighted by Gasteiger charge is 2.29. The van der Waals surface area contributed by atoms with Crippen molar-refractivity contribution in [2.45, 2.75) is 19.4 Å². The van der Waals surface area contributed by atoms with Crippen LogP contribution in [-0.4, -0.2) is 55.5 Å². The van der Waals surface area contributed by atoms with Crippen LogP contribution in [0.3, 0.4) is 0 Å². The van der Waals surface area contributed by atoms with Gasteiger partial charge < -0.3 is 9.64 Å². The van der Waals surface area contributed by atoms with E-state index in [1.165, 1.54) is 13.2 Å². The van der Waals surface area contributed by atoms with E-state index in [-0.39, 0.29) is 11.5 Å². The van der Waals surface area contributed by atoms with Gasteiger partial charge in [-0.3, -0.25) is 9.69 Å². The first kappa shape index (κ1) is 14.8. The molecule has 0 radical (unpaired) electrons. The van der Waals surface area contributed by atoms with E-state index in [2.05, 4.69) is 18.9 Å². The van der Waals surface area contributed by atoms with Gasteiger partial charge in [0.1, 0.15) is 17.1 Å². The van der Waals surface area contributed by atoms with Crippen LogP contribution in [0.4, 0.5) is 4.39 Å². The Hall–Kier alpha value is -1.62. The zero-order chi connectivity index (χ0) is 14.7. The van der Waals surface area contributed by atoms with Crippen LogP contribution < -0.4 is 4.74 Å². The lowest BCUT2D eigenvalue weighted by molar-refractivity contribution is 0.0534. The average molecular weight is 280 g/mol. The monoisotopic (exact) mass is 280 g/mol. The molecular weight excluding hydrogens is 259 g/mol. The van der Waals surface area contributed by atoms with Gasteiger partial charge in [0.05, 0.1) is 7.11 Å². The van der Waals surface area contributed by atoms with Crippen LogP contribution in [0.1, 0.15) is 23.7 Å². The molecule has 1 amide bonds. The Morgan fingerprint density at radius 2 is 2.20 bits per heavy atom. The number of amides is 1. The molecule has 110 valence electrons. The lowest BCUT2D eigenvalue weighted by atomic mass is 10.1. The average Bonchev–Trinajstić information content (AvgIpc) is 2.46. The first-order chi connectivity index (χ1) is 9.58. The van der Waals surface area contributed by atoms with Gasteiger partial charge in [-0.05, 0) is 25.6 Å². The van der Waals surface area contributed by atoms with Gasteiger partial charge in [-0.25, -0.2) is 4.39 Å². The van der Waals surface area contributed by atoms with Crippen LogP contribution in [-0.2, 0) is 0 Å². The predicted octanol–water partition coefficient (Wildman–Crippen LogP) is 2.00. The molecule has 1 atom stereocenters. The Morgan fingerprint density at radius 3 is 2.85 bits per heavy atom. The van der Waals surface area contributed by atoms with Crippen molar-refractivity contribution in [2.75, 3.05) is 33.8 Å². The Labute approximate surface area is 119 Å². The van der Waals surface area contributed by atoms with E-state index in [0.29, 0.717) is 24.9 Å². The maximum Gasteiger partial charge on any atom is 0.260 e. The highest BCUT2D eigenvalue weighted by molar-refractivity contribution is 5.97. The number of likely N-dealkylation sites (N-methyl/N-ethyl adjacent to an activating group) is 1. The Balaban J connectivity index is 2.24. The summed E-state index contributed by atoms with van der Waals surface area (Å²) in [5, 5.41) is 0. The summed E-state index contributed by atoms with van der Waals surface area (Å²) in [6.45, 7) is 4.15. The van der Waals surface area contributed by atoms with Gasteiger partial charge >= 0.3 is 0 Å². The van der Waals surface area contributed by atoms with Crippen molar-refractivity contribution in [1.29, 1.82) is 0 Å². The van der Waals surface area contributed by atoms with Crippen molar-refractivity contribution in [3.63, 3.8) is 0 Å². The van der Waals surface area contributed by atoms with Gasteiger partial charge in [0.15, 0.2) is 0 Å². The summed E-state index contributed by atoms with van der Waals surface area (Å²) in [7, 11) is 3.50. The highest BCUT2D eigenvalue weighted by atomic mass is 19.1. The number of rotatable bonds is 3. The van der Waals surface area contributed by atoms with Gasteiger partial charge in [-0.1, -0.05) is 13.0 Å². The molecule has 0 unspecified atom stereocenters. The zero-order valence-electron chi connectivity index (χ0n) is 12.2. The van der Waals surface area contributed by atoms with Gasteiger partial charge in [0.2, 0.25) is 0 Å². The molecule has 0 N–H and O–H groups in total. The molecule has 0 aliphatic carbocycles. The van der Waals surface area contributed by atoms with E-state index in [4.69, 9.17) is 4.74 Å². The Kier molecular flexibility index (Phi) is 4.60. The summed E-state index contributed by atoms with van der Waals surface area (Å²) in [6, 6.07) is 4.78.